The number of nitrogens with one attached hydrogen (secondary N) is 1. The Morgan fingerprint density at radius 2 is 2.38 bits per heavy atom. The fourth-order valence-corrected chi connectivity index (χ4v) is 3.39. The molecule has 0 amide bonds. The maximum atomic E-state index is 11.4. The molecule has 0 aliphatic carbocycles. The lowest BCUT2D eigenvalue weighted by molar-refractivity contribution is 0.101. The zero-order valence-electron chi connectivity index (χ0n) is 11.6. The minimum absolute atomic E-state index is 0.00173. The molecular formula is C15H15N3OS2. The minimum atomic E-state index is 0.00173. The highest BCUT2D eigenvalue weighted by Crippen LogP contribution is 2.21. The third-order valence-corrected chi connectivity index (χ3v) is 4.87. The molecule has 0 radical (unpaired) electrons. The number of carbonyl (C=O) groups is 1. The molecule has 4 nitrogen and oxygen atoms in total. The van der Waals surface area contributed by atoms with Gasteiger partial charge >= 0.3 is 0 Å². The van der Waals surface area contributed by atoms with E-state index < -0.39 is 0 Å². The first kappa shape index (κ1) is 15.5. The van der Waals surface area contributed by atoms with Crippen molar-refractivity contribution in [2.45, 2.75) is 17.7 Å². The van der Waals surface area contributed by atoms with Crippen LogP contribution in [0, 0.1) is 11.3 Å². The van der Waals surface area contributed by atoms with Gasteiger partial charge in [0.15, 0.2) is 5.78 Å². The third-order valence-electron chi connectivity index (χ3n) is 2.82. The maximum absolute atomic E-state index is 11.4. The van der Waals surface area contributed by atoms with Crippen molar-refractivity contribution in [1.82, 2.24) is 4.98 Å². The molecule has 0 spiro atoms. The van der Waals surface area contributed by atoms with E-state index in [-0.39, 0.29) is 5.78 Å². The number of nitrogens with zero attached hydrogens (tertiary/aromatic N) is 2. The Labute approximate surface area is 132 Å². The number of hydrogen-bond acceptors (Lipinski definition) is 6. The van der Waals surface area contributed by atoms with Crippen LogP contribution < -0.4 is 5.32 Å². The molecule has 0 aliphatic heterocycles. The number of benzene rings is 1. The Morgan fingerprint density at radius 3 is 3.05 bits per heavy atom. The molecule has 0 fully saturated rings. The lowest BCUT2D eigenvalue weighted by atomic mass is 10.1. The number of thioether (sulfide) groups is 1. The second kappa shape index (κ2) is 7.81. The quantitative estimate of drug-likeness (QED) is 0.478. The van der Waals surface area contributed by atoms with Crippen LogP contribution in [0.5, 0.6) is 0 Å². The van der Waals surface area contributed by atoms with Gasteiger partial charge in [0.25, 0.3) is 0 Å². The van der Waals surface area contributed by atoms with E-state index in [9.17, 15) is 4.79 Å². The molecule has 0 saturated carbocycles. The molecule has 108 valence electrons. The second-order valence-electron chi connectivity index (χ2n) is 4.36. The molecule has 0 aliphatic rings. The van der Waals surface area contributed by atoms with Crippen molar-refractivity contribution in [3.8, 4) is 6.07 Å². The monoisotopic (exact) mass is 317 g/mol. The van der Waals surface area contributed by atoms with E-state index in [4.69, 9.17) is 5.26 Å². The number of hydrogen-bond donors (Lipinski definition) is 1. The normalized spacial score (nSPS) is 10.1. The van der Waals surface area contributed by atoms with Gasteiger partial charge in [-0.1, -0.05) is 11.8 Å². The van der Waals surface area contributed by atoms with Gasteiger partial charge in [-0.25, -0.2) is 4.98 Å². The van der Waals surface area contributed by atoms with E-state index in [0.29, 0.717) is 11.1 Å². The van der Waals surface area contributed by atoms with E-state index >= 15 is 0 Å². The second-order valence-corrected chi connectivity index (χ2v) is 6.59. The van der Waals surface area contributed by atoms with Gasteiger partial charge in [0.1, 0.15) is 10.4 Å². The van der Waals surface area contributed by atoms with Crippen LogP contribution in [-0.2, 0) is 0 Å². The first-order chi connectivity index (χ1) is 10.2. The summed E-state index contributed by atoms with van der Waals surface area (Å²) < 4.78 is 1.08. The van der Waals surface area contributed by atoms with E-state index in [1.807, 2.05) is 5.38 Å². The van der Waals surface area contributed by atoms with Crippen LogP contribution in [0.15, 0.2) is 34.1 Å². The zero-order chi connectivity index (χ0) is 15.1. The molecule has 0 bridgehead atoms. The van der Waals surface area contributed by atoms with Crippen molar-refractivity contribution >= 4 is 34.6 Å². The molecule has 1 heterocycles. The Hall–Kier alpha value is -1.84. The maximum Gasteiger partial charge on any atom is 0.159 e. The highest BCUT2D eigenvalue weighted by molar-refractivity contribution is 8.00. The average molecular weight is 317 g/mol. The van der Waals surface area contributed by atoms with Gasteiger partial charge < -0.3 is 5.32 Å². The largest absolute Gasteiger partial charge is 0.384 e. The molecule has 21 heavy (non-hydrogen) atoms. The number of thiazole rings is 1. The highest BCUT2D eigenvalue weighted by atomic mass is 32.2. The van der Waals surface area contributed by atoms with Crippen molar-refractivity contribution in [1.29, 1.82) is 5.26 Å². The van der Waals surface area contributed by atoms with Crippen molar-refractivity contribution in [2.75, 3.05) is 17.6 Å². The van der Waals surface area contributed by atoms with Gasteiger partial charge in [-0.15, -0.1) is 11.3 Å². The predicted molar refractivity (Wildman–Crippen MR) is 87.1 cm³/mol. The van der Waals surface area contributed by atoms with Crippen LogP contribution in [0.3, 0.4) is 0 Å². The number of anilines is 1. The van der Waals surface area contributed by atoms with Crippen LogP contribution >= 0.6 is 23.1 Å². The van der Waals surface area contributed by atoms with Crippen molar-refractivity contribution in [2.24, 2.45) is 0 Å². The van der Waals surface area contributed by atoms with E-state index in [1.165, 1.54) is 6.92 Å². The molecule has 1 aromatic carbocycles. The molecule has 0 saturated heterocycles. The highest BCUT2D eigenvalue weighted by Gasteiger charge is 2.06. The Balaban J connectivity index is 1.85. The van der Waals surface area contributed by atoms with Gasteiger partial charge in [-0.05, 0) is 31.5 Å². The van der Waals surface area contributed by atoms with Crippen LogP contribution in [0.4, 0.5) is 5.69 Å². The minimum Gasteiger partial charge on any atom is -0.384 e. The molecule has 6 heteroatoms. The Kier molecular flexibility index (Phi) is 5.78. The summed E-state index contributed by atoms with van der Waals surface area (Å²) in [4.78, 5) is 15.6. The summed E-state index contributed by atoms with van der Waals surface area (Å²) in [7, 11) is 0. The summed E-state index contributed by atoms with van der Waals surface area (Å²) in [5.74, 6) is 0.969. The zero-order valence-corrected chi connectivity index (χ0v) is 13.3. The van der Waals surface area contributed by atoms with E-state index in [0.717, 1.165) is 28.7 Å². The SMILES string of the molecule is CC(=O)c1ccc(C#N)c(NCCCSc2nccs2)c1. The van der Waals surface area contributed by atoms with Crippen LogP contribution in [0.2, 0.25) is 0 Å². The average Bonchev–Trinajstić information content (AvgIpc) is 3.00. The molecule has 1 aromatic heterocycles. The summed E-state index contributed by atoms with van der Waals surface area (Å²) in [5, 5.41) is 14.3. The molecular weight excluding hydrogens is 302 g/mol. The number of rotatable bonds is 7. The molecule has 0 atom stereocenters. The fraction of sp³-hybridized carbons (Fsp3) is 0.267. The number of aromatic nitrogens is 1. The summed E-state index contributed by atoms with van der Waals surface area (Å²) >= 11 is 3.37. The van der Waals surface area contributed by atoms with Crippen LogP contribution in [0.1, 0.15) is 29.3 Å². The van der Waals surface area contributed by atoms with Gasteiger partial charge in [-0.2, -0.15) is 5.26 Å². The summed E-state index contributed by atoms with van der Waals surface area (Å²) in [6, 6.07) is 7.25. The summed E-state index contributed by atoms with van der Waals surface area (Å²) in [6.07, 6.45) is 2.76. The van der Waals surface area contributed by atoms with Gasteiger partial charge in [0.2, 0.25) is 0 Å². The van der Waals surface area contributed by atoms with Gasteiger partial charge in [0, 0.05) is 29.4 Å². The summed E-state index contributed by atoms with van der Waals surface area (Å²) in [5.41, 5.74) is 1.91. The Morgan fingerprint density at radius 1 is 1.52 bits per heavy atom. The number of nitriles is 1. The van der Waals surface area contributed by atoms with Crippen molar-refractivity contribution < 1.29 is 4.79 Å². The van der Waals surface area contributed by atoms with Gasteiger partial charge in [0.05, 0.1) is 11.3 Å². The van der Waals surface area contributed by atoms with Crippen molar-refractivity contribution in [3.63, 3.8) is 0 Å². The first-order valence-corrected chi connectivity index (χ1v) is 8.38. The lowest BCUT2D eigenvalue weighted by Crippen LogP contribution is -2.05. The summed E-state index contributed by atoms with van der Waals surface area (Å²) in [6.45, 7) is 2.28. The smallest absolute Gasteiger partial charge is 0.159 e. The van der Waals surface area contributed by atoms with Crippen molar-refractivity contribution in [3.05, 3.63) is 40.9 Å². The standard InChI is InChI=1S/C15H15N3OS2/c1-11(19)12-3-4-13(10-16)14(9-12)17-5-2-7-20-15-18-6-8-21-15/h3-4,6,8-9,17H,2,5,7H2,1H3. The fourth-order valence-electron chi connectivity index (χ4n) is 1.74. The number of carbonyl (C=O) groups excluding carboxylic acids is 1. The number of ketones is 1. The van der Waals surface area contributed by atoms with Gasteiger partial charge in [-0.3, -0.25) is 4.79 Å². The number of Topliss-reactive ketones (excluding diaryl/α,β-unsaturated/α-hetero) is 1. The topological polar surface area (TPSA) is 65.8 Å². The molecule has 0 unspecified atom stereocenters. The Bertz CT molecular complexity index is 647. The third kappa shape index (κ3) is 4.59. The van der Waals surface area contributed by atoms with Crippen LogP contribution in [0.25, 0.3) is 0 Å². The molecule has 1 N–H and O–H groups in total. The molecule has 2 rings (SSSR count). The lowest BCUT2D eigenvalue weighted by Gasteiger charge is -2.09. The first-order valence-electron chi connectivity index (χ1n) is 6.52. The van der Waals surface area contributed by atoms with E-state index in [2.05, 4.69) is 16.4 Å². The van der Waals surface area contributed by atoms with E-state index in [1.54, 1.807) is 47.5 Å². The van der Waals surface area contributed by atoms with Crippen LogP contribution in [-0.4, -0.2) is 23.1 Å². The molecule has 2 aromatic rings. The predicted octanol–water partition coefficient (Wildman–Crippen LogP) is 3.81.